The molecule has 18 heavy (non-hydrogen) atoms. The second-order valence-electron chi connectivity index (χ2n) is 4.55. The van der Waals surface area contributed by atoms with Gasteiger partial charge in [0.05, 0.1) is 0 Å². The van der Waals surface area contributed by atoms with Crippen LogP contribution in [0.4, 0.5) is 0 Å². The smallest absolute Gasteiger partial charge is 0.242 e. The van der Waals surface area contributed by atoms with Crippen LogP contribution in [0.3, 0.4) is 0 Å². The highest BCUT2D eigenvalue weighted by molar-refractivity contribution is 6.30. The Labute approximate surface area is 110 Å². The molecule has 0 aromatic heterocycles. The molecule has 1 saturated carbocycles. The first-order valence-corrected chi connectivity index (χ1v) is 6.51. The van der Waals surface area contributed by atoms with Crippen molar-refractivity contribution in [3.05, 3.63) is 23.8 Å². The molecule has 2 aliphatic rings. The predicted molar refractivity (Wildman–Crippen MR) is 67.2 cm³/mol. The monoisotopic (exact) mass is 267 g/mol. The summed E-state index contributed by atoms with van der Waals surface area (Å²) in [6, 6.07) is 5.69. The summed E-state index contributed by atoms with van der Waals surface area (Å²) in [7, 11) is 0. The third-order valence-corrected chi connectivity index (χ3v) is 3.46. The molecule has 0 radical (unpaired) electrons. The fraction of sp³-hybridized carbons (Fsp3) is 0.462. The van der Waals surface area contributed by atoms with Crippen LogP contribution in [0.2, 0.25) is 0 Å². The van der Waals surface area contributed by atoms with E-state index in [9.17, 15) is 4.79 Å². The molecule has 1 aliphatic carbocycles. The maximum absolute atomic E-state index is 11.8. The van der Waals surface area contributed by atoms with Crippen molar-refractivity contribution in [3.63, 3.8) is 0 Å². The fourth-order valence-electron chi connectivity index (χ4n) is 1.87. The number of ether oxygens (including phenoxy) is 2. The van der Waals surface area contributed by atoms with Crippen LogP contribution in [0.25, 0.3) is 0 Å². The topological polar surface area (TPSA) is 47.6 Å². The van der Waals surface area contributed by atoms with Crippen LogP contribution in [-0.2, 0) is 4.79 Å². The number of alkyl halides is 1. The van der Waals surface area contributed by atoms with Gasteiger partial charge in [-0.2, -0.15) is 0 Å². The molecular formula is C13H14ClNO3. The summed E-state index contributed by atoms with van der Waals surface area (Å²) in [5.41, 5.74) is 0.735. The number of nitrogens with one attached hydrogen (secondary N) is 1. The van der Waals surface area contributed by atoms with E-state index in [-0.39, 0.29) is 5.91 Å². The quantitative estimate of drug-likeness (QED) is 0.853. The summed E-state index contributed by atoms with van der Waals surface area (Å²) in [6.45, 7) is 1.08. The van der Waals surface area contributed by atoms with Gasteiger partial charge in [-0.3, -0.25) is 4.79 Å². The zero-order chi connectivity index (χ0) is 12.5. The second-order valence-corrected chi connectivity index (χ2v) is 4.98. The first-order chi connectivity index (χ1) is 8.74. The van der Waals surface area contributed by atoms with Gasteiger partial charge in [0.2, 0.25) is 5.91 Å². The van der Waals surface area contributed by atoms with Gasteiger partial charge in [-0.15, -0.1) is 11.6 Å². The summed E-state index contributed by atoms with van der Waals surface area (Å²) in [5.74, 6) is 1.22. The van der Waals surface area contributed by atoms with Crippen LogP contribution in [0.1, 0.15) is 23.8 Å². The van der Waals surface area contributed by atoms with Crippen molar-refractivity contribution in [2.75, 3.05) is 13.2 Å². The fourth-order valence-corrected chi connectivity index (χ4v) is 2.07. The van der Waals surface area contributed by atoms with Gasteiger partial charge in [0.1, 0.15) is 18.6 Å². The molecule has 1 N–H and O–H groups in total. The molecule has 5 heteroatoms. The molecule has 1 unspecified atom stereocenters. The average Bonchev–Trinajstić information content (AvgIpc) is 3.21. The van der Waals surface area contributed by atoms with Gasteiger partial charge < -0.3 is 14.8 Å². The highest BCUT2D eigenvalue weighted by Gasteiger charge is 2.27. The van der Waals surface area contributed by atoms with E-state index in [1.807, 2.05) is 0 Å². The lowest BCUT2D eigenvalue weighted by atomic mass is 10.1. The molecule has 1 amide bonds. The predicted octanol–water partition coefficient (Wildman–Crippen LogP) is 2.02. The lowest BCUT2D eigenvalue weighted by molar-refractivity contribution is -0.121. The number of hydrogen-bond donors (Lipinski definition) is 1. The van der Waals surface area contributed by atoms with Crippen molar-refractivity contribution in [1.29, 1.82) is 0 Å². The Morgan fingerprint density at radius 3 is 2.72 bits per heavy atom. The van der Waals surface area contributed by atoms with Crippen molar-refractivity contribution in [2.24, 2.45) is 0 Å². The Morgan fingerprint density at radius 1 is 1.28 bits per heavy atom. The minimum Gasteiger partial charge on any atom is -0.486 e. The van der Waals surface area contributed by atoms with Gasteiger partial charge >= 0.3 is 0 Å². The number of carbonyl (C=O) groups excluding carboxylic acids is 1. The summed E-state index contributed by atoms with van der Waals surface area (Å²) in [5, 5.41) is 2.21. The first kappa shape index (κ1) is 11.7. The van der Waals surface area contributed by atoms with E-state index in [4.69, 9.17) is 21.1 Å². The molecule has 3 rings (SSSR count). The van der Waals surface area contributed by atoms with Crippen molar-refractivity contribution >= 4 is 17.5 Å². The number of halogens is 1. The zero-order valence-corrected chi connectivity index (χ0v) is 10.6. The highest BCUT2D eigenvalue weighted by atomic mass is 35.5. The SMILES string of the molecule is O=C(NC1CC1)C(Cl)c1ccc2c(c1)OCCO2. The maximum atomic E-state index is 11.8. The highest BCUT2D eigenvalue weighted by Crippen LogP contribution is 2.34. The van der Waals surface area contributed by atoms with Gasteiger partial charge in [0.15, 0.2) is 11.5 Å². The number of fused-ring (bicyclic) bond motifs is 1. The van der Waals surface area contributed by atoms with Crippen LogP contribution in [0, 0.1) is 0 Å². The molecule has 1 fully saturated rings. The lowest BCUT2D eigenvalue weighted by Gasteiger charge is -2.19. The number of amides is 1. The summed E-state index contributed by atoms with van der Waals surface area (Å²) in [4.78, 5) is 11.8. The Hall–Kier alpha value is -1.42. The lowest BCUT2D eigenvalue weighted by Crippen LogP contribution is -2.28. The van der Waals surface area contributed by atoms with Gasteiger partial charge in [-0.05, 0) is 30.5 Å². The number of rotatable bonds is 3. The Balaban J connectivity index is 1.76. The van der Waals surface area contributed by atoms with E-state index < -0.39 is 5.38 Å². The Bertz CT molecular complexity index is 473. The average molecular weight is 268 g/mol. The van der Waals surface area contributed by atoms with E-state index in [1.165, 1.54) is 0 Å². The molecular weight excluding hydrogens is 254 g/mol. The summed E-state index contributed by atoms with van der Waals surface area (Å²) >= 11 is 6.16. The molecule has 1 aliphatic heterocycles. The Kier molecular flexibility index (Phi) is 3.04. The molecule has 0 spiro atoms. The van der Waals surface area contributed by atoms with Crippen LogP contribution < -0.4 is 14.8 Å². The normalized spacial score (nSPS) is 19.2. The molecule has 1 aromatic rings. The van der Waals surface area contributed by atoms with Crippen molar-refractivity contribution < 1.29 is 14.3 Å². The molecule has 96 valence electrons. The van der Waals surface area contributed by atoms with E-state index in [0.29, 0.717) is 30.8 Å². The largest absolute Gasteiger partial charge is 0.486 e. The van der Waals surface area contributed by atoms with E-state index in [2.05, 4.69) is 5.32 Å². The zero-order valence-electron chi connectivity index (χ0n) is 9.82. The van der Waals surface area contributed by atoms with Crippen LogP contribution in [0.5, 0.6) is 11.5 Å². The summed E-state index contributed by atoms with van der Waals surface area (Å²) < 4.78 is 10.9. The van der Waals surface area contributed by atoms with Crippen LogP contribution >= 0.6 is 11.6 Å². The van der Waals surface area contributed by atoms with Crippen molar-refractivity contribution in [2.45, 2.75) is 24.3 Å². The van der Waals surface area contributed by atoms with Crippen LogP contribution in [-0.4, -0.2) is 25.2 Å². The van der Waals surface area contributed by atoms with Gasteiger partial charge in [-0.1, -0.05) is 6.07 Å². The molecule has 1 aromatic carbocycles. The van der Waals surface area contributed by atoms with Gasteiger partial charge in [0.25, 0.3) is 0 Å². The molecule has 0 saturated heterocycles. The summed E-state index contributed by atoms with van der Waals surface area (Å²) in [6.07, 6.45) is 2.10. The van der Waals surface area contributed by atoms with Crippen molar-refractivity contribution in [1.82, 2.24) is 5.32 Å². The standard InChI is InChI=1S/C13H14ClNO3/c14-12(13(16)15-9-2-3-9)8-1-4-10-11(7-8)18-6-5-17-10/h1,4,7,9,12H,2-3,5-6H2,(H,15,16). The third-order valence-electron chi connectivity index (χ3n) is 3.01. The number of benzene rings is 1. The Morgan fingerprint density at radius 2 is 2.00 bits per heavy atom. The van der Waals surface area contributed by atoms with Gasteiger partial charge in [0, 0.05) is 6.04 Å². The third kappa shape index (κ3) is 2.38. The molecule has 4 nitrogen and oxygen atoms in total. The minimum atomic E-state index is -0.679. The second kappa shape index (κ2) is 4.69. The van der Waals surface area contributed by atoms with Crippen LogP contribution in [0.15, 0.2) is 18.2 Å². The number of hydrogen-bond acceptors (Lipinski definition) is 3. The molecule has 1 heterocycles. The van der Waals surface area contributed by atoms with E-state index >= 15 is 0 Å². The number of carbonyl (C=O) groups is 1. The van der Waals surface area contributed by atoms with Crippen molar-refractivity contribution in [3.8, 4) is 11.5 Å². The van der Waals surface area contributed by atoms with Gasteiger partial charge in [-0.25, -0.2) is 0 Å². The molecule has 0 bridgehead atoms. The minimum absolute atomic E-state index is 0.143. The van der Waals surface area contributed by atoms with E-state index in [1.54, 1.807) is 18.2 Å². The molecule has 1 atom stereocenters. The first-order valence-electron chi connectivity index (χ1n) is 6.08. The van der Waals surface area contributed by atoms with E-state index in [0.717, 1.165) is 18.4 Å². The maximum Gasteiger partial charge on any atom is 0.242 e.